The topological polar surface area (TPSA) is 0 Å². The molecule has 0 aliphatic heterocycles. The third-order valence-corrected chi connectivity index (χ3v) is 1.73. The molecule has 0 fully saturated rings. The first-order valence-electron chi connectivity index (χ1n) is 5.33. The van der Waals surface area contributed by atoms with Gasteiger partial charge in [0.1, 0.15) is 0 Å². The van der Waals surface area contributed by atoms with Gasteiger partial charge >= 0.3 is 30.2 Å². The van der Waals surface area contributed by atoms with Crippen molar-refractivity contribution in [1.29, 1.82) is 0 Å². The van der Waals surface area contributed by atoms with Gasteiger partial charge in [0, 0.05) is 0 Å². The molecule has 0 bridgehead atoms. The van der Waals surface area contributed by atoms with Gasteiger partial charge in [-0.05, 0) is 0 Å². The predicted octanol–water partition coefficient (Wildman–Crippen LogP) is 4.61. The van der Waals surface area contributed by atoms with E-state index in [1.165, 1.54) is 11.1 Å². The zero-order valence-electron chi connectivity index (χ0n) is 12.5. The summed E-state index contributed by atoms with van der Waals surface area (Å²) in [5, 5.41) is 0. The van der Waals surface area contributed by atoms with Crippen LogP contribution in [-0.4, -0.2) is 6.88 Å². The second-order valence-electron chi connectivity index (χ2n) is 2.93. The first-order valence-corrected chi connectivity index (χ1v) is 11.2. The Labute approximate surface area is 149 Å². The molecule has 0 aromatic heterocycles. The van der Waals surface area contributed by atoms with E-state index in [-0.39, 0.29) is 32.2 Å². The third-order valence-electron chi connectivity index (χ3n) is 1.73. The van der Waals surface area contributed by atoms with E-state index in [0.717, 1.165) is 12.8 Å². The van der Waals surface area contributed by atoms with Crippen LogP contribution in [0.25, 0.3) is 0 Å². The second kappa shape index (κ2) is 27.1. The first kappa shape index (κ1) is 31.8. The van der Waals surface area contributed by atoms with E-state index < -0.39 is 0 Å². The monoisotopic (exact) mass is 394 g/mol. The van der Waals surface area contributed by atoms with Crippen LogP contribution in [0.2, 0.25) is 0 Å². The molecule has 0 spiro atoms. The molecular formula is C15H26Cl2SiZr-4. The Bertz CT molecular complexity index is 248. The SMILES string of the molecule is CC1=[C-]CC=C1.CC1=[C-]CC=C1.Cl.Cl.[CH2-]C.[CH3-].[SiH2]=[Zr]. The maximum atomic E-state index is 3.25. The standard InChI is InChI=1S/2C6H7.C2H5.CH3.2ClH.H2Si.Zr/c2*1-6-4-2-3-5-6;1-2;;;;;/h2*2,4H,3H2,1H3;1H2,2H3;1H3;2*1H;1H2;/q4*-1;;;;. The number of halogens is 2. The van der Waals surface area contributed by atoms with E-state index in [1.807, 2.05) is 6.88 Å². The Balaban J connectivity index is -0.0000000486. The fraction of sp³-hybridized carbons (Fsp3) is 0.333. The van der Waals surface area contributed by atoms with Crippen LogP contribution in [0, 0.1) is 26.5 Å². The van der Waals surface area contributed by atoms with Crippen molar-refractivity contribution in [3.63, 3.8) is 0 Å². The van der Waals surface area contributed by atoms with E-state index >= 15 is 0 Å². The van der Waals surface area contributed by atoms with Crippen molar-refractivity contribution in [3.8, 4) is 0 Å². The molecule has 0 heterocycles. The molecule has 2 rings (SSSR count). The Morgan fingerprint density at radius 3 is 1.26 bits per heavy atom. The van der Waals surface area contributed by atoms with Crippen LogP contribution in [0.3, 0.4) is 0 Å². The molecule has 0 unspecified atom stereocenters. The summed E-state index contributed by atoms with van der Waals surface area (Å²) in [4.78, 5) is 0. The molecule has 0 nitrogen and oxygen atoms in total. The molecule has 0 atom stereocenters. The van der Waals surface area contributed by atoms with E-state index in [2.05, 4.69) is 57.2 Å². The second-order valence-corrected chi connectivity index (χ2v) is 2.93. The molecule has 0 aromatic rings. The summed E-state index contributed by atoms with van der Waals surface area (Å²) in [7, 11) is 0. The van der Waals surface area contributed by atoms with E-state index in [1.54, 1.807) is 30.3 Å². The van der Waals surface area contributed by atoms with Gasteiger partial charge in [0.05, 0.1) is 0 Å². The van der Waals surface area contributed by atoms with Crippen molar-refractivity contribution in [3.05, 3.63) is 62.0 Å². The van der Waals surface area contributed by atoms with Crippen molar-refractivity contribution in [2.45, 2.75) is 33.6 Å². The summed E-state index contributed by atoms with van der Waals surface area (Å²) in [6, 6.07) is 0. The fourth-order valence-corrected chi connectivity index (χ4v) is 1.03. The van der Waals surface area contributed by atoms with Crippen LogP contribution in [-0.2, 0) is 23.3 Å². The van der Waals surface area contributed by atoms with Crippen LogP contribution in [0.4, 0.5) is 0 Å². The average Bonchev–Trinajstić information content (AvgIpc) is 2.98. The average molecular weight is 397 g/mol. The molecule has 112 valence electrons. The quantitative estimate of drug-likeness (QED) is 0.414. The summed E-state index contributed by atoms with van der Waals surface area (Å²) < 4.78 is 0. The Kier molecular flexibility index (Phi) is 45.3. The Morgan fingerprint density at radius 2 is 1.21 bits per heavy atom. The van der Waals surface area contributed by atoms with Gasteiger partial charge in [-0.25, -0.2) is 23.3 Å². The van der Waals surface area contributed by atoms with Crippen molar-refractivity contribution < 1.29 is 23.3 Å². The summed E-state index contributed by atoms with van der Waals surface area (Å²) in [6.45, 7) is 11.1. The van der Waals surface area contributed by atoms with Crippen LogP contribution in [0.5, 0.6) is 0 Å². The summed E-state index contributed by atoms with van der Waals surface area (Å²) in [6.07, 6.45) is 16.7. The molecular weight excluding hydrogens is 370 g/mol. The number of allylic oxidation sites excluding steroid dienone is 8. The first-order chi connectivity index (χ1) is 7.79. The molecule has 0 amide bonds. The molecule has 19 heavy (non-hydrogen) atoms. The number of rotatable bonds is 0. The summed E-state index contributed by atoms with van der Waals surface area (Å²) in [5.41, 5.74) is 2.55. The van der Waals surface area contributed by atoms with Gasteiger partial charge in [-0.3, -0.25) is 12.2 Å². The van der Waals surface area contributed by atoms with Crippen LogP contribution >= 0.6 is 24.8 Å². The molecule has 0 saturated carbocycles. The zero-order valence-corrected chi connectivity index (χ0v) is 18.0. The Hall–Kier alpha value is 0.640. The van der Waals surface area contributed by atoms with Crippen molar-refractivity contribution in [2.75, 3.05) is 0 Å². The molecule has 0 radical (unpaired) electrons. The van der Waals surface area contributed by atoms with Crippen molar-refractivity contribution in [2.24, 2.45) is 0 Å². The van der Waals surface area contributed by atoms with E-state index in [0.29, 0.717) is 0 Å². The molecule has 4 heteroatoms. The third kappa shape index (κ3) is 24.1. The predicted molar refractivity (Wildman–Crippen MR) is 92.9 cm³/mol. The minimum atomic E-state index is 0. The summed E-state index contributed by atoms with van der Waals surface area (Å²) >= 11 is 1.58. The molecule has 0 aromatic carbocycles. The van der Waals surface area contributed by atoms with Gasteiger partial charge in [-0.2, -0.15) is 19.1 Å². The van der Waals surface area contributed by atoms with E-state index in [9.17, 15) is 0 Å². The van der Waals surface area contributed by atoms with Gasteiger partial charge in [0.15, 0.2) is 0 Å². The van der Waals surface area contributed by atoms with Gasteiger partial charge in [-0.15, -0.1) is 37.7 Å². The van der Waals surface area contributed by atoms with Crippen LogP contribution < -0.4 is 0 Å². The van der Waals surface area contributed by atoms with Crippen molar-refractivity contribution in [1.82, 2.24) is 0 Å². The summed E-state index contributed by atoms with van der Waals surface area (Å²) in [5.74, 6) is 0. The van der Waals surface area contributed by atoms with Gasteiger partial charge in [0.25, 0.3) is 0 Å². The molecule has 0 saturated heterocycles. The van der Waals surface area contributed by atoms with Crippen molar-refractivity contribution >= 4 is 31.7 Å². The minimum absolute atomic E-state index is 0. The molecule has 0 N–H and O–H groups in total. The molecule has 2 aliphatic rings. The fourth-order valence-electron chi connectivity index (χ4n) is 1.03. The maximum absolute atomic E-state index is 3.25. The number of hydrogen-bond acceptors (Lipinski definition) is 0. The Morgan fingerprint density at radius 1 is 0.947 bits per heavy atom. The number of hydrogen-bond donors (Lipinski definition) is 0. The van der Waals surface area contributed by atoms with Gasteiger partial charge < -0.3 is 14.4 Å². The van der Waals surface area contributed by atoms with Gasteiger partial charge in [0.2, 0.25) is 0 Å². The van der Waals surface area contributed by atoms with Crippen LogP contribution in [0.15, 0.2) is 35.5 Å². The van der Waals surface area contributed by atoms with E-state index in [4.69, 9.17) is 0 Å². The molecule has 2 aliphatic carbocycles. The zero-order chi connectivity index (χ0) is 12.8. The normalized spacial score (nSPS) is 12.2. The van der Waals surface area contributed by atoms with Gasteiger partial charge in [-0.1, -0.05) is 13.8 Å². The van der Waals surface area contributed by atoms with Crippen LogP contribution in [0.1, 0.15) is 33.6 Å².